The highest BCUT2D eigenvalue weighted by molar-refractivity contribution is 7.89. The summed E-state index contributed by atoms with van der Waals surface area (Å²) in [6, 6.07) is 2.56. The third-order valence-corrected chi connectivity index (χ3v) is 5.51. The number of benzene rings is 1. The molecule has 1 aromatic rings. The van der Waals surface area contributed by atoms with Crippen LogP contribution in [0.25, 0.3) is 0 Å². The van der Waals surface area contributed by atoms with Gasteiger partial charge in [-0.1, -0.05) is 6.07 Å². The van der Waals surface area contributed by atoms with Crippen molar-refractivity contribution in [3.8, 4) is 5.75 Å². The molecular weight excluding hydrogens is 352 g/mol. The highest BCUT2D eigenvalue weighted by Gasteiger charge is 2.37. The van der Waals surface area contributed by atoms with Gasteiger partial charge in [-0.15, -0.1) is 13.2 Å². The van der Waals surface area contributed by atoms with Crippen molar-refractivity contribution < 1.29 is 36.4 Å². The monoisotopic (exact) mass is 368 g/mol. The van der Waals surface area contributed by atoms with Crippen LogP contribution in [0, 0.1) is 0 Å². The van der Waals surface area contributed by atoms with Crippen LogP contribution in [0.3, 0.4) is 0 Å². The van der Waals surface area contributed by atoms with E-state index in [1.54, 1.807) is 7.05 Å². The average molecular weight is 368 g/mol. The fraction of sp³-hybridized carbons (Fsp3) is 0.500. The molecule has 7 nitrogen and oxygen atoms in total. The molecule has 0 radical (unpaired) electrons. The maximum atomic E-state index is 12.6. The normalized spacial score (nSPS) is 17.8. The van der Waals surface area contributed by atoms with Crippen molar-refractivity contribution in [3.05, 3.63) is 18.2 Å². The summed E-state index contributed by atoms with van der Waals surface area (Å²) in [5, 5.41) is 18.1. The molecule has 0 aromatic heterocycles. The Labute approximate surface area is 137 Å². The lowest BCUT2D eigenvalue weighted by Gasteiger charge is -2.32. The molecule has 134 valence electrons. The predicted octanol–water partition coefficient (Wildman–Crippen LogP) is -0.799. The predicted molar refractivity (Wildman–Crippen MR) is 79.2 cm³/mol. The molecule has 0 amide bonds. The molecule has 1 saturated heterocycles. The second-order valence-electron chi connectivity index (χ2n) is 5.34. The number of nitrogens with zero attached hydrogens (tertiary/aromatic N) is 2. The first-order chi connectivity index (χ1) is 11.0. The Hall–Kier alpha value is -1.34. The third-order valence-electron chi connectivity index (χ3n) is 3.57. The Bertz CT molecular complexity index is 690. The molecule has 0 bridgehead atoms. The van der Waals surface area contributed by atoms with Crippen molar-refractivity contribution >= 4 is 22.6 Å². The Kier molecular flexibility index (Phi) is 5.45. The topological polar surface area (TPSA) is 90.3 Å². The largest absolute Gasteiger partial charge is 0.573 e. The molecule has 1 aliphatic rings. The number of ether oxygens (including phenoxy) is 1. The SMILES string of the molecule is CN1CCN(S(=O)(=O)c2ccc(B(O)O)cc2OC(F)(F)F)CC1. The molecule has 1 fully saturated rings. The maximum absolute atomic E-state index is 12.6. The van der Waals surface area contributed by atoms with Gasteiger partial charge in [-0.2, -0.15) is 4.31 Å². The van der Waals surface area contributed by atoms with E-state index in [4.69, 9.17) is 10.0 Å². The van der Waals surface area contributed by atoms with E-state index in [-0.39, 0.29) is 18.6 Å². The van der Waals surface area contributed by atoms with E-state index in [0.717, 1.165) is 16.4 Å². The Morgan fingerprint density at radius 3 is 2.25 bits per heavy atom. The molecule has 2 rings (SSSR count). The summed E-state index contributed by atoms with van der Waals surface area (Å²) >= 11 is 0. The highest BCUT2D eigenvalue weighted by atomic mass is 32.2. The summed E-state index contributed by atoms with van der Waals surface area (Å²) in [6.45, 7) is 1.16. The summed E-state index contributed by atoms with van der Waals surface area (Å²) < 4.78 is 67.8. The Balaban J connectivity index is 2.43. The highest BCUT2D eigenvalue weighted by Crippen LogP contribution is 2.31. The fourth-order valence-corrected chi connectivity index (χ4v) is 3.79. The number of alkyl halides is 3. The Morgan fingerprint density at radius 2 is 1.75 bits per heavy atom. The van der Waals surface area contributed by atoms with Crippen molar-refractivity contribution in [1.82, 2.24) is 9.21 Å². The van der Waals surface area contributed by atoms with Crippen LogP contribution in [0.4, 0.5) is 13.2 Å². The summed E-state index contributed by atoms with van der Waals surface area (Å²) in [5.74, 6) is -0.993. The molecule has 12 heteroatoms. The summed E-state index contributed by atoms with van der Waals surface area (Å²) in [5.41, 5.74) is -0.313. The van der Waals surface area contributed by atoms with Crippen molar-refractivity contribution in [3.63, 3.8) is 0 Å². The van der Waals surface area contributed by atoms with Gasteiger partial charge in [0.2, 0.25) is 10.0 Å². The van der Waals surface area contributed by atoms with Crippen LogP contribution >= 0.6 is 0 Å². The van der Waals surface area contributed by atoms with E-state index >= 15 is 0 Å². The molecular formula is C12H16BF3N2O5S. The number of hydrogen-bond donors (Lipinski definition) is 2. The summed E-state index contributed by atoms with van der Waals surface area (Å²) in [6.07, 6.45) is -5.12. The van der Waals surface area contributed by atoms with Crippen LogP contribution in [0.1, 0.15) is 0 Å². The van der Waals surface area contributed by atoms with Gasteiger partial charge in [0.05, 0.1) is 0 Å². The number of halogens is 3. The zero-order valence-electron chi connectivity index (χ0n) is 12.7. The smallest absolute Gasteiger partial charge is 0.423 e. The number of likely N-dealkylation sites (N-methyl/N-ethyl adjacent to an activating group) is 1. The first-order valence-corrected chi connectivity index (χ1v) is 8.39. The summed E-state index contributed by atoms with van der Waals surface area (Å²) in [7, 11) is -4.46. The molecule has 1 aromatic carbocycles. The number of hydrogen-bond acceptors (Lipinski definition) is 6. The second kappa shape index (κ2) is 6.88. The zero-order valence-corrected chi connectivity index (χ0v) is 13.5. The first kappa shape index (κ1) is 19.0. The molecule has 1 heterocycles. The van der Waals surface area contributed by atoms with E-state index in [9.17, 15) is 21.6 Å². The van der Waals surface area contributed by atoms with E-state index in [1.807, 2.05) is 4.90 Å². The minimum absolute atomic E-state index is 0.134. The quantitative estimate of drug-likeness (QED) is 0.677. The minimum Gasteiger partial charge on any atom is -0.423 e. The van der Waals surface area contributed by atoms with E-state index in [1.165, 1.54) is 0 Å². The first-order valence-electron chi connectivity index (χ1n) is 6.95. The van der Waals surface area contributed by atoms with Gasteiger partial charge in [0.25, 0.3) is 0 Å². The molecule has 2 N–H and O–H groups in total. The standard InChI is InChI=1S/C12H16BF3N2O5S/c1-17-4-6-18(7-5-17)24(21,22)11-3-2-9(13(19)20)8-10(11)23-12(14,15)16/h2-3,8,19-20H,4-7H2,1H3. The average Bonchev–Trinajstić information content (AvgIpc) is 2.45. The van der Waals surface area contributed by atoms with Crippen molar-refractivity contribution in [2.75, 3.05) is 33.2 Å². The van der Waals surface area contributed by atoms with E-state index in [2.05, 4.69) is 4.74 Å². The van der Waals surface area contributed by atoms with Gasteiger partial charge in [0, 0.05) is 26.2 Å². The van der Waals surface area contributed by atoms with Gasteiger partial charge in [0.15, 0.2) is 0 Å². The van der Waals surface area contributed by atoms with Gasteiger partial charge in [0.1, 0.15) is 10.6 Å². The van der Waals surface area contributed by atoms with Crippen LogP contribution in [0.15, 0.2) is 23.1 Å². The lowest BCUT2D eigenvalue weighted by Crippen LogP contribution is -2.47. The number of sulfonamides is 1. The van der Waals surface area contributed by atoms with Gasteiger partial charge in [-0.3, -0.25) is 0 Å². The molecule has 24 heavy (non-hydrogen) atoms. The molecule has 0 spiro atoms. The second-order valence-corrected chi connectivity index (χ2v) is 7.24. The summed E-state index contributed by atoms with van der Waals surface area (Å²) in [4.78, 5) is 1.22. The molecule has 0 atom stereocenters. The van der Waals surface area contributed by atoms with Crippen LogP contribution in [0.2, 0.25) is 0 Å². The zero-order chi connectivity index (χ0) is 18.1. The molecule has 0 unspecified atom stereocenters. The van der Waals surface area contributed by atoms with Gasteiger partial charge >= 0.3 is 13.5 Å². The fourth-order valence-electron chi connectivity index (χ4n) is 2.27. The molecule has 1 aliphatic heterocycles. The van der Waals surface area contributed by atoms with Crippen molar-refractivity contribution in [2.24, 2.45) is 0 Å². The van der Waals surface area contributed by atoms with Crippen molar-refractivity contribution in [1.29, 1.82) is 0 Å². The van der Waals surface area contributed by atoms with Crippen LogP contribution in [-0.2, 0) is 10.0 Å². The van der Waals surface area contributed by atoms with Gasteiger partial charge in [-0.05, 0) is 24.6 Å². The molecule has 0 saturated carbocycles. The van der Waals surface area contributed by atoms with Crippen molar-refractivity contribution in [2.45, 2.75) is 11.3 Å². The lowest BCUT2D eigenvalue weighted by molar-refractivity contribution is -0.275. The van der Waals surface area contributed by atoms with Gasteiger partial charge < -0.3 is 19.7 Å². The van der Waals surface area contributed by atoms with E-state index in [0.29, 0.717) is 19.2 Å². The maximum Gasteiger partial charge on any atom is 0.573 e. The molecule has 0 aliphatic carbocycles. The number of rotatable bonds is 4. The van der Waals surface area contributed by atoms with Crippen LogP contribution in [-0.4, -0.2) is 74.4 Å². The minimum atomic E-state index is -5.12. The Morgan fingerprint density at radius 1 is 1.17 bits per heavy atom. The van der Waals surface area contributed by atoms with Gasteiger partial charge in [-0.25, -0.2) is 8.42 Å². The number of piperazine rings is 1. The lowest BCUT2D eigenvalue weighted by atomic mass is 9.80. The van der Waals surface area contributed by atoms with E-state index < -0.39 is 34.1 Å². The van der Waals surface area contributed by atoms with Crippen LogP contribution in [0.5, 0.6) is 5.75 Å². The van der Waals surface area contributed by atoms with Crippen LogP contribution < -0.4 is 10.2 Å². The third kappa shape index (κ3) is 4.39.